The van der Waals surface area contributed by atoms with E-state index in [1.807, 2.05) is 24.0 Å². The van der Waals surface area contributed by atoms with Gasteiger partial charge in [-0.1, -0.05) is 12.1 Å². The Kier molecular flexibility index (Phi) is 6.82. The number of halogens is 2. The molecule has 0 radical (unpaired) electrons. The van der Waals surface area contributed by atoms with Crippen molar-refractivity contribution in [2.24, 2.45) is 4.99 Å². The highest BCUT2D eigenvalue weighted by Crippen LogP contribution is 2.48. The molecule has 0 unspecified atom stereocenters. The number of aliphatic imine (C=N–C) groups is 1. The van der Waals surface area contributed by atoms with Crippen LogP contribution in [0.25, 0.3) is 0 Å². The molecule has 0 aromatic heterocycles. The molecular formula is C19H29FIN3O2S. The Morgan fingerprint density at radius 2 is 1.89 bits per heavy atom. The van der Waals surface area contributed by atoms with E-state index in [0.29, 0.717) is 19.6 Å². The largest absolute Gasteiger partial charge is 0.357 e. The molecule has 1 aromatic rings. The molecule has 8 heteroatoms. The average Bonchev–Trinajstić information content (AvgIpc) is 3.36. The van der Waals surface area contributed by atoms with Gasteiger partial charge in [0.05, 0.1) is 17.0 Å². The third kappa shape index (κ3) is 4.75. The SMILES string of the molecule is CCNC(=NCC1(c2ccc(F)cc2)CC1)N1CCS(=O)(=O)C(C)(C)C1.I. The number of guanidine groups is 1. The number of sulfone groups is 1. The Morgan fingerprint density at radius 1 is 1.26 bits per heavy atom. The van der Waals surface area contributed by atoms with Crippen LogP contribution >= 0.6 is 24.0 Å². The molecule has 0 bridgehead atoms. The molecule has 1 heterocycles. The van der Waals surface area contributed by atoms with Gasteiger partial charge in [-0.3, -0.25) is 4.99 Å². The lowest BCUT2D eigenvalue weighted by Crippen LogP contribution is -2.57. The van der Waals surface area contributed by atoms with Crippen molar-refractivity contribution >= 4 is 39.8 Å². The summed E-state index contributed by atoms with van der Waals surface area (Å²) in [6, 6.07) is 6.70. The van der Waals surface area contributed by atoms with E-state index >= 15 is 0 Å². The highest BCUT2D eigenvalue weighted by molar-refractivity contribution is 14.0. The maximum atomic E-state index is 13.2. The van der Waals surface area contributed by atoms with Crippen molar-refractivity contribution in [2.75, 3.05) is 31.9 Å². The van der Waals surface area contributed by atoms with Gasteiger partial charge in [-0.05, 0) is 51.3 Å². The number of nitrogens with one attached hydrogen (secondary N) is 1. The first kappa shape index (κ1) is 22.4. The van der Waals surface area contributed by atoms with Gasteiger partial charge in [0.25, 0.3) is 0 Å². The van der Waals surface area contributed by atoms with Crippen LogP contribution in [0.1, 0.15) is 39.2 Å². The van der Waals surface area contributed by atoms with Gasteiger partial charge in [-0.25, -0.2) is 12.8 Å². The van der Waals surface area contributed by atoms with Crippen LogP contribution < -0.4 is 5.32 Å². The zero-order valence-corrected chi connectivity index (χ0v) is 19.3. The first-order valence-corrected chi connectivity index (χ1v) is 10.9. The van der Waals surface area contributed by atoms with Gasteiger partial charge in [0, 0.05) is 25.0 Å². The standard InChI is InChI=1S/C19H28FN3O2S.HI/c1-4-21-17(23-11-12-26(24,25)18(2,3)14-23)22-13-19(9-10-19)15-5-7-16(20)8-6-15;/h5-8H,4,9-14H2,1-3H3,(H,21,22);1H. The number of hydrogen-bond donors (Lipinski definition) is 1. The van der Waals surface area contributed by atoms with E-state index in [4.69, 9.17) is 4.99 Å². The van der Waals surface area contributed by atoms with Gasteiger partial charge in [-0.2, -0.15) is 0 Å². The average molecular weight is 509 g/mol. The summed E-state index contributed by atoms with van der Waals surface area (Å²) in [7, 11) is -3.08. The monoisotopic (exact) mass is 509 g/mol. The third-order valence-electron chi connectivity index (χ3n) is 5.52. The fourth-order valence-electron chi connectivity index (χ4n) is 3.47. The van der Waals surface area contributed by atoms with Crippen molar-refractivity contribution < 1.29 is 12.8 Å². The maximum absolute atomic E-state index is 13.2. The second-order valence-corrected chi connectivity index (χ2v) is 10.7. The molecule has 0 spiro atoms. The quantitative estimate of drug-likeness (QED) is 0.385. The summed E-state index contributed by atoms with van der Waals surface area (Å²) >= 11 is 0. The maximum Gasteiger partial charge on any atom is 0.194 e. The molecule has 1 aromatic carbocycles. The molecule has 3 rings (SSSR count). The number of nitrogens with zero attached hydrogens (tertiary/aromatic N) is 2. The van der Waals surface area contributed by atoms with Crippen molar-refractivity contribution in [1.82, 2.24) is 10.2 Å². The van der Waals surface area contributed by atoms with Gasteiger partial charge in [0.15, 0.2) is 15.8 Å². The number of benzene rings is 1. The van der Waals surface area contributed by atoms with Crippen molar-refractivity contribution in [3.63, 3.8) is 0 Å². The normalized spacial score (nSPS) is 22.7. The summed E-state index contributed by atoms with van der Waals surface area (Å²) in [5, 5.41) is 3.30. The van der Waals surface area contributed by atoms with Crippen LogP contribution in [0.15, 0.2) is 29.3 Å². The van der Waals surface area contributed by atoms with Crippen molar-refractivity contribution in [2.45, 2.75) is 43.8 Å². The lowest BCUT2D eigenvalue weighted by molar-refractivity contribution is 0.353. The third-order valence-corrected chi connectivity index (χ3v) is 8.05. The highest BCUT2D eigenvalue weighted by Gasteiger charge is 2.45. The van der Waals surface area contributed by atoms with E-state index in [2.05, 4.69) is 5.32 Å². The minimum atomic E-state index is -3.08. The molecular weight excluding hydrogens is 480 g/mol. The molecule has 2 fully saturated rings. The van der Waals surface area contributed by atoms with Crippen molar-refractivity contribution in [1.29, 1.82) is 0 Å². The smallest absolute Gasteiger partial charge is 0.194 e. The highest BCUT2D eigenvalue weighted by atomic mass is 127. The summed E-state index contributed by atoms with van der Waals surface area (Å²) in [4.78, 5) is 6.87. The van der Waals surface area contributed by atoms with Crippen LogP contribution in [0, 0.1) is 5.82 Å². The van der Waals surface area contributed by atoms with Crippen molar-refractivity contribution in [3.8, 4) is 0 Å². The lowest BCUT2D eigenvalue weighted by Gasteiger charge is -2.39. The molecule has 1 N–H and O–H groups in total. The molecule has 1 aliphatic carbocycles. The molecule has 5 nitrogen and oxygen atoms in total. The molecule has 0 atom stereocenters. The van der Waals surface area contributed by atoms with Crippen LogP contribution in [0.3, 0.4) is 0 Å². The summed E-state index contributed by atoms with van der Waals surface area (Å²) in [5.41, 5.74) is 1.12. The molecule has 1 aliphatic heterocycles. The Morgan fingerprint density at radius 3 is 2.41 bits per heavy atom. The van der Waals surface area contributed by atoms with Crippen LogP contribution in [0.5, 0.6) is 0 Å². The topological polar surface area (TPSA) is 61.8 Å². The molecule has 2 aliphatic rings. The van der Waals surface area contributed by atoms with E-state index in [0.717, 1.165) is 30.9 Å². The Bertz CT molecular complexity index is 790. The minimum Gasteiger partial charge on any atom is -0.357 e. The Labute approximate surface area is 178 Å². The van der Waals surface area contributed by atoms with Crippen LogP contribution in [0.4, 0.5) is 4.39 Å². The van der Waals surface area contributed by atoms with Gasteiger partial charge in [0.1, 0.15) is 5.82 Å². The predicted molar refractivity (Wildman–Crippen MR) is 118 cm³/mol. The zero-order valence-electron chi connectivity index (χ0n) is 16.2. The van der Waals surface area contributed by atoms with E-state index < -0.39 is 14.6 Å². The van der Waals surface area contributed by atoms with Crippen LogP contribution in [-0.4, -0.2) is 56.0 Å². The number of hydrogen-bond acceptors (Lipinski definition) is 3. The lowest BCUT2D eigenvalue weighted by atomic mass is 9.96. The van der Waals surface area contributed by atoms with Gasteiger partial charge in [-0.15, -0.1) is 24.0 Å². The molecule has 27 heavy (non-hydrogen) atoms. The Balaban J connectivity index is 0.00000261. The second-order valence-electron chi connectivity index (χ2n) is 7.96. The van der Waals surface area contributed by atoms with Gasteiger partial charge in [0.2, 0.25) is 0 Å². The summed E-state index contributed by atoms with van der Waals surface area (Å²) < 4.78 is 36.9. The van der Waals surface area contributed by atoms with Crippen LogP contribution in [-0.2, 0) is 15.3 Å². The number of rotatable bonds is 4. The summed E-state index contributed by atoms with van der Waals surface area (Å²) in [6.07, 6.45) is 2.09. The minimum absolute atomic E-state index is 0. The molecule has 0 amide bonds. The van der Waals surface area contributed by atoms with E-state index in [-0.39, 0.29) is 41.0 Å². The molecule has 1 saturated carbocycles. The predicted octanol–water partition coefficient (Wildman–Crippen LogP) is 2.95. The first-order chi connectivity index (χ1) is 12.2. The van der Waals surface area contributed by atoms with Crippen LogP contribution in [0.2, 0.25) is 0 Å². The molecule has 152 valence electrons. The Hall–Kier alpha value is -0.900. The van der Waals surface area contributed by atoms with E-state index in [1.165, 1.54) is 12.1 Å². The van der Waals surface area contributed by atoms with E-state index in [9.17, 15) is 12.8 Å². The van der Waals surface area contributed by atoms with E-state index in [1.54, 1.807) is 13.8 Å². The van der Waals surface area contributed by atoms with Gasteiger partial charge >= 0.3 is 0 Å². The molecule has 1 saturated heterocycles. The first-order valence-electron chi connectivity index (χ1n) is 9.21. The second kappa shape index (κ2) is 8.23. The fraction of sp³-hybridized carbons (Fsp3) is 0.632. The zero-order chi connectivity index (χ0) is 19.0. The fourth-order valence-corrected chi connectivity index (χ4v) is 4.83. The summed E-state index contributed by atoms with van der Waals surface area (Å²) in [6.45, 7) is 7.81. The van der Waals surface area contributed by atoms with Crippen molar-refractivity contribution in [3.05, 3.63) is 35.6 Å². The summed E-state index contributed by atoms with van der Waals surface area (Å²) in [5.74, 6) is 0.690. The van der Waals surface area contributed by atoms with Gasteiger partial charge < -0.3 is 10.2 Å².